The maximum Gasteiger partial charge on any atom is 0.119 e. The van der Waals surface area contributed by atoms with Crippen molar-refractivity contribution in [2.45, 2.75) is 33.4 Å². The largest absolute Gasteiger partial charge is 0.491 e. The predicted molar refractivity (Wildman–Crippen MR) is 77.3 cm³/mol. The van der Waals surface area contributed by atoms with Gasteiger partial charge < -0.3 is 10.1 Å². The fraction of sp³-hybridized carbons (Fsp3) is 0.400. The van der Waals surface area contributed by atoms with E-state index >= 15 is 0 Å². The molecule has 0 unspecified atom stereocenters. The zero-order chi connectivity index (χ0) is 13.8. The van der Waals surface area contributed by atoms with E-state index in [0.717, 1.165) is 29.2 Å². The van der Waals surface area contributed by atoms with Crippen molar-refractivity contribution in [2.24, 2.45) is 0 Å². The molecule has 1 heterocycles. The standard InChI is InChI=1S/C15H21N3O/c1-10(2)19-13-7-5-12(6-8-13)15-11(3)14(9-16-4)17-18-15/h5-8,10,16H,9H2,1-4H3,(H,17,18). The molecule has 1 aromatic heterocycles. The number of rotatable bonds is 5. The highest BCUT2D eigenvalue weighted by molar-refractivity contribution is 5.64. The summed E-state index contributed by atoms with van der Waals surface area (Å²) in [6.45, 7) is 6.93. The zero-order valence-electron chi connectivity index (χ0n) is 11.9. The highest BCUT2D eigenvalue weighted by Gasteiger charge is 2.10. The van der Waals surface area contributed by atoms with Gasteiger partial charge in [-0.05, 0) is 57.6 Å². The minimum atomic E-state index is 0.195. The average Bonchev–Trinajstić information content (AvgIpc) is 2.72. The first-order valence-electron chi connectivity index (χ1n) is 6.57. The van der Waals surface area contributed by atoms with Crippen LogP contribution in [-0.2, 0) is 6.54 Å². The molecular weight excluding hydrogens is 238 g/mol. The van der Waals surface area contributed by atoms with Gasteiger partial charge in [0.25, 0.3) is 0 Å². The molecule has 0 atom stereocenters. The Hall–Kier alpha value is -1.81. The van der Waals surface area contributed by atoms with Crippen molar-refractivity contribution in [3.8, 4) is 17.0 Å². The molecule has 0 aliphatic carbocycles. The van der Waals surface area contributed by atoms with Crippen LogP contribution in [0.1, 0.15) is 25.1 Å². The van der Waals surface area contributed by atoms with Gasteiger partial charge in [-0.3, -0.25) is 5.10 Å². The zero-order valence-corrected chi connectivity index (χ0v) is 11.9. The van der Waals surface area contributed by atoms with Gasteiger partial charge in [-0.15, -0.1) is 0 Å². The number of H-pyrrole nitrogens is 1. The van der Waals surface area contributed by atoms with E-state index in [4.69, 9.17) is 4.74 Å². The molecule has 0 spiro atoms. The van der Waals surface area contributed by atoms with Crippen LogP contribution in [0.3, 0.4) is 0 Å². The van der Waals surface area contributed by atoms with Gasteiger partial charge in [0.2, 0.25) is 0 Å². The Balaban J connectivity index is 2.22. The van der Waals surface area contributed by atoms with Gasteiger partial charge in [0.05, 0.1) is 17.5 Å². The van der Waals surface area contributed by atoms with Crippen molar-refractivity contribution in [2.75, 3.05) is 7.05 Å². The van der Waals surface area contributed by atoms with E-state index in [1.807, 2.05) is 45.2 Å². The van der Waals surface area contributed by atoms with Crippen LogP contribution in [0, 0.1) is 6.92 Å². The first kappa shape index (κ1) is 13.6. The Bertz CT molecular complexity index is 529. The van der Waals surface area contributed by atoms with Crippen molar-refractivity contribution < 1.29 is 4.74 Å². The molecule has 0 bridgehead atoms. The molecule has 2 aromatic rings. The van der Waals surface area contributed by atoms with Crippen LogP contribution in [0.2, 0.25) is 0 Å². The summed E-state index contributed by atoms with van der Waals surface area (Å²) in [4.78, 5) is 0. The molecule has 0 radical (unpaired) electrons. The number of hydrogen-bond acceptors (Lipinski definition) is 3. The van der Waals surface area contributed by atoms with Gasteiger partial charge in [0.1, 0.15) is 5.75 Å². The van der Waals surface area contributed by atoms with Crippen LogP contribution < -0.4 is 10.1 Å². The minimum absolute atomic E-state index is 0.195. The third kappa shape index (κ3) is 3.15. The molecule has 0 saturated heterocycles. The maximum atomic E-state index is 5.64. The molecule has 0 fully saturated rings. The normalized spacial score (nSPS) is 11.0. The molecule has 4 nitrogen and oxygen atoms in total. The molecule has 0 saturated carbocycles. The quantitative estimate of drug-likeness (QED) is 0.868. The lowest BCUT2D eigenvalue weighted by Gasteiger charge is -2.09. The Morgan fingerprint density at radius 3 is 2.53 bits per heavy atom. The summed E-state index contributed by atoms with van der Waals surface area (Å²) in [5.41, 5.74) is 4.42. The number of hydrogen-bond donors (Lipinski definition) is 2. The molecule has 102 valence electrons. The number of aromatic amines is 1. The van der Waals surface area contributed by atoms with Gasteiger partial charge in [-0.1, -0.05) is 0 Å². The van der Waals surface area contributed by atoms with E-state index in [1.54, 1.807) is 0 Å². The number of ether oxygens (including phenoxy) is 1. The summed E-state index contributed by atoms with van der Waals surface area (Å²) in [5, 5.41) is 10.6. The van der Waals surface area contributed by atoms with E-state index in [9.17, 15) is 0 Å². The van der Waals surface area contributed by atoms with E-state index in [0.29, 0.717) is 0 Å². The van der Waals surface area contributed by atoms with Gasteiger partial charge in [-0.2, -0.15) is 5.10 Å². The summed E-state index contributed by atoms with van der Waals surface area (Å²) in [7, 11) is 1.93. The molecule has 1 aromatic carbocycles. The number of nitrogens with zero attached hydrogens (tertiary/aromatic N) is 1. The fourth-order valence-electron chi connectivity index (χ4n) is 2.03. The maximum absolute atomic E-state index is 5.64. The lowest BCUT2D eigenvalue weighted by atomic mass is 10.1. The van der Waals surface area contributed by atoms with E-state index in [2.05, 4.69) is 22.4 Å². The lowest BCUT2D eigenvalue weighted by molar-refractivity contribution is 0.242. The van der Waals surface area contributed by atoms with Gasteiger partial charge in [-0.25, -0.2) is 0 Å². The van der Waals surface area contributed by atoms with Gasteiger partial charge >= 0.3 is 0 Å². The topological polar surface area (TPSA) is 49.9 Å². The number of benzene rings is 1. The van der Waals surface area contributed by atoms with Crippen LogP contribution in [0.25, 0.3) is 11.3 Å². The Labute approximate surface area is 114 Å². The fourth-order valence-corrected chi connectivity index (χ4v) is 2.03. The Morgan fingerprint density at radius 2 is 1.95 bits per heavy atom. The van der Waals surface area contributed by atoms with Crippen LogP contribution in [-0.4, -0.2) is 23.3 Å². The third-order valence-corrected chi connectivity index (χ3v) is 2.96. The average molecular weight is 259 g/mol. The van der Waals surface area contributed by atoms with Crippen molar-refractivity contribution >= 4 is 0 Å². The third-order valence-electron chi connectivity index (χ3n) is 2.96. The first-order chi connectivity index (χ1) is 9.11. The molecule has 2 rings (SSSR count). The summed E-state index contributed by atoms with van der Waals surface area (Å²) >= 11 is 0. The number of nitrogens with one attached hydrogen (secondary N) is 2. The first-order valence-corrected chi connectivity index (χ1v) is 6.57. The molecule has 0 aliphatic rings. The van der Waals surface area contributed by atoms with Gasteiger partial charge in [0, 0.05) is 12.1 Å². The molecule has 2 N–H and O–H groups in total. The van der Waals surface area contributed by atoms with Crippen molar-refractivity contribution in [3.63, 3.8) is 0 Å². The second-order valence-corrected chi connectivity index (χ2v) is 4.90. The summed E-state index contributed by atoms with van der Waals surface area (Å²) in [5.74, 6) is 0.891. The summed E-state index contributed by atoms with van der Waals surface area (Å²) in [6, 6.07) is 8.07. The highest BCUT2D eigenvalue weighted by atomic mass is 16.5. The second-order valence-electron chi connectivity index (χ2n) is 4.90. The van der Waals surface area contributed by atoms with E-state index < -0.39 is 0 Å². The molecule has 0 aliphatic heterocycles. The van der Waals surface area contributed by atoms with Crippen molar-refractivity contribution in [1.82, 2.24) is 15.5 Å². The highest BCUT2D eigenvalue weighted by Crippen LogP contribution is 2.25. The molecular formula is C15H21N3O. The SMILES string of the molecule is CNCc1[nH]nc(-c2ccc(OC(C)C)cc2)c1C. The van der Waals surface area contributed by atoms with Gasteiger partial charge in [0.15, 0.2) is 0 Å². The van der Waals surface area contributed by atoms with E-state index in [-0.39, 0.29) is 6.10 Å². The van der Waals surface area contributed by atoms with Crippen LogP contribution in [0.15, 0.2) is 24.3 Å². The minimum Gasteiger partial charge on any atom is -0.491 e. The molecule has 19 heavy (non-hydrogen) atoms. The second kappa shape index (κ2) is 5.89. The van der Waals surface area contributed by atoms with Crippen molar-refractivity contribution in [3.05, 3.63) is 35.5 Å². The van der Waals surface area contributed by atoms with Crippen molar-refractivity contribution in [1.29, 1.82) is 0 Å². The Morgan fingerprint density at radius 1 is 1.26 bits per heavy atom. The van der Waals surface area contributed by atoms with E-state index in [1.165, 1.54) is 5.56 Å². The lowest BCUT2D eigenvalue weighted by Crippen LogP contribution is -2.06. The monoisotopic (exact) mass is 259 g/mol. The van der Waals surface area contributed by atoms with Crippen LogP contribution >= 0.6 is 0 Å². The molecule has 0 amide bonds. The van der Waals surface area contributed by atoms with Crippen LogP contribution in [0.5, 0.6) is 5.75 Å². The predicted octanol–water partition coefficient (Wildman–Crippen LogP) is 2.89. The summed E-state index contributed by atoms with van der Waals surface area (Å²) < 4.78 is 5.64. The van der Waals surface area contributed by atoms with Crippen LogP contribution in [0.4, 0.5) is 0 Å². The Kier molecular flexibility index (Phi) is 4.22. The number of aromatic nitrogens is 2. The molecule has 4 heteroatoms. The summed E-state index contributed by atoms with van der Waals surface area (Å²) in [6.07, 6.45) is 0.195. The smallest absolute Gasteiger partial charge is 0.119 e.